The summed E-state index contributed by atoms with van der Waals surface area (Å²) in [5.41, 5.74) is 6.14. The monoisotopic (exact) mass is 230 g/mol. The Hall–Kier alpha value is 0.230. The van der Waals surface area contributed by atoms with Gasteiger partial charge in [0.2, 0.25) is 0 Å². The van der Waals surface area contributed by atoms with Crippen LogP contribution >= 0.6 is 11.8 Å². The fraction of sp³-hybridized carbons (Fsp3) is 1.00. The maximum absolute atomic E-state index is 6.02. The molecule has 4 heteroatoms. The third-order valence-electron chi connectivity index (χ3n) is 3.95. The van der Waals surface area contributed by atoms with Gasteiger partial charge in [-0.3, -0.25) is 4.90 Å². The van der Waals surface area contributed by atoms with Crippen molar-refractivity contribution in [3.63, 3.8) is 0 Å². The Morgan fingerprint density at radius 3 is 2.87 bits per heavy atom. The zero-order valence-electron chi connectivity index (χ0n) is 9.74. The molecule has 0 radical (unpaired) electrons. The molecule has 0 amide bonds. The highest BCUT2D eigenvalue weighted by Gasteiger charge is 2.47. The van der Waals surface area contributed by atoms with Crippen LogP contribution in [0.2, 0.25) is 0 Å². The van der Waals surface area contributed by atoms with Gasteiger partial charge in [0, 0.05) is 37.2 Å². The summed E-state index contributed by atoms with van der Waals surface area (Å²) in [4.78, 5) is 2.60. The molecule has 0 spiro atoms. The Bertz CT molecular complexity index is 227. The quantitative estimate of drug-likeness (QED) is 0.766. The maximum Gasteiger partial charge on any atom is 0.0743 e. The van der Waals surface area contributed by atoms with Crippen LogP contribution in [0.3, 0.4) is 0 Å². The SMILES string of the molecule is CC1CSCCN1C1(CN)CCOC1C. The predicted octanol–water partition coefficient (Wildman–Crippen LogP) is 0.930. The lowest BCUT2D eigenvalue weighted by Gasteiger charge is -2.48. The van der Waals surface area contributed by atoms with Crippen LogP contribution in [0.1, 0.15) is 20.3 Å². The third-order valence-corrected chi connectivity index (χ3v) is 5.14. The number of hydrogen-bond donors (Lipinski definition) is 1. The van der Waals surface area contributed by atoms with E-state index in [-0.39, 0.29) is 11.6 Å². The molecule has 2 saturated heterocycles. The van der Waals surface area contributed by atoms with E-state index in [1.54, 1.807) is 0 Å². The van der Waals surface area contributed by atoms with E-state index in [9.17, 15) is 0 Å². The van der Waals surface area contributed by atoms with Crippen molar-refractivity contribution in [3.8, 4) is 0 Å². The first kappa shape index (κ1) is 11.7. The molecule has 2 N–H and O–H groups in total. The largest absolute Gasteiger partial charge is 0.376 e. The van der Waals surface area contributed by atoms with Crippen molar-refractivity contribution in [1.29, 1.82) is 0 Å². The Morgan fingerprint density at radius 1 is 1.53 bits per heavy atom. The van der Waals surface area contributed by atoms with E-state index in [1.165, 1.54) is 11.5 Å². The van der Waals surface area contributed by atoms with Crippen molar-refractivity contribution in [2.24, 2.45) is 5.73 Å². The van der Waals surface area contributed by atoms with Crippen LogP contribution in [0.5, 0.6) is 0 Å². The van der Waals surface area contributed by atoms with Gasteiger partial charge < -0.3 is 10.5 Å². The molecule has 0 aromatic carbocycles. The average molecular weight is 230 g/mol. The summed E-state index contributed by atoms with van der Waals surface area (Å²) in [6.07, 6.45) is 1.38. The first-order valence-corrected chi connectivity index (χ1v) is 7.02. The minimum absolute atomic E-state index is 0.112. The summed E-state index contributed by atoms with van der Waals surface area (Å²) >= 11 is 2.05. The molecule has 2 fully saturated rings. The van der Waals surface area contributed by atoms with Gasteiger partial charge in [-0.05, 0) is 20.3 Å². The molecule has 0 aliphatic carbocycles. The van der Waals surface area contributed by atoms with Gasteiger partial charge in [-0.15, -0.1) is 0 Å². The minimum atomic E-state index is 0.112. The first-order chi connectivity index (χ1) is 7.20. The van der Waals surface area contributed by atoms with Crippen LogP contribution in [-0.4, -0.2) is 53.8 Å². The van der Waals surface area contributed by atoms with Gasteiger partial charge in [0.15, 0.2) is 0 Å². The zero-order chi connectivity index (χ0) is 10.9. The van der Waals surface area contributed by atoms with E-state index in [4.69, 9.17) is 10.5 Å². The Morgan fingerprint density at radius 2 is 2.33 bits per heavy atom. The zero-order valence-corrected chi connectivity index (χ0v) is 10.6. The van der Waals surface area contributed by atoms with E-state index in [0.29, 0.717) is 6.04 Å². The summed E-state index contributed by atoms with van der Waals surface area (Å²) in [5.74, 6) is 2.47. The van der Waals surface area contributed by atoms with Crippen molar-refractivity contribution < 1.29 is 4.74 Å². The van der Waals surface area contributed by atoms with Gasteiger partial charge in [0.1, 0.15) is 0 Å². The average Bonchev–Trinajstić information content (AvgIpc) is 2.61. The molecule has 2 heterocycles. The fourth-order valence-corrected chi connectivity index (χ4v) is 3.94. The number of hydrogen-bond acceptors (Lipinski definition) is 4. The van der Waals surface area contributed by atoms with Crippen molar-refractivity contribution in [3.05, 3.63) is 0 Å². The molecule has 15 heavy (non-hydrogen) atoms. The molecular formula is C11H22N2OS. The van der Waals surface area contributed by atoms with Crippen LogP contribution in [-0.2, 0) is 4.74 Å². The van der Waals surface area contributed by atoms with Crippen molar-refractivity contribution in [2.75, 3.05) is 31.2 Å². The van der Waals surface area contributed by atoms with Crippen LogP contribution < -0.4 is 5.73 Å². The van der Waals surface area contributed by atoms with E-state index in [2.05, 4.69) is 30.5 Å². The summed E-state index contributed by atoms with van der Waals surface area (Å²) in [6.45, 7) is 7.25. The first-order valence-electron chi connectivity index (χ1n) is 5.87. The van der Waals surface area contributed by atoms with E-state index < -0.39 is 0 Å². The molecule has 0 saturated carbocycles. The summed E-state index contributed by atoms with van der Waals surface area (Å²) in [7, 11) is 0. The molecule has 3 nitrogen and oxygen atoms in total. The molecule has 2 rings (SSSR count). The highest BCUT2D eigenvalue weighted by molar-refractivity contribution is 7.99. The van der Waals surface area contributed by atoms with E-state index >= 15 is 0 Å². The van der Waals surface area contributed by atoms with Gasteiger partial charge in [-0.25, -0.2) is 0 Å². The van der Waals surface area contributed by atoms with Crippen LogP contribution in [0.4, 0.5) is 0 Å². The second kappa shape index (κ2) is 4.62. The van der Waals surface area contributed by atoms with Gasteiger partial charge in [-0.2, -0.15) is 11.8 Å². The minimum Gasteiger partial charge on any atom is -0.376 e. The van der Waals surface area contributed by atoms with Crippen LogP contribution in [0.15, 0.2) is 0 Å². The molecular weight excluding hydrogens is 208 g/mol. The molecule has 88 valence electrons. The van der Waals surface area contributed by atoms with Gasteiger partial charge in [-0.1, -0.05) is 0 Å². The Kier molecular flexibility index (Phi) is 3.60. The third kappa shape index (κ3) is 1.93. The number of ether oxygens (including phenoxy) is 1. The molecule has 2 aliphatic heterocycles. The molecule has 0 aromatic rings. The normalized spacial score (nSPS) is 43.4. The fourth-order valence-electron chi connectivity index (χ4n) is 2.92. The highest BCUT2D eigenvalue weighted by atomic mass is 32.2. The van der Waals surface area contributed by atoms with Gasteiger partial charge >= 0.3 is 0 Å². The molecule has 2 aliphatic rings. The molecule has 3 atom stereocenters. The Balaban J connectivity index is 2.16. The molecule has 3 unspecified atom stereocenters. The number of thioether (sulfide) groups is 1. The summed E-state index contributed by atoms with van der Waals surface area (Å²) in [6, 6.07) is 0.636. The van der Waals surface area contributed by atoms with E-state index in [0.717, 1.165) is 26.1 Å². The second-order valence-corrected chi connectivity index (χ2v) is 5.84. The lowest BCUT2D eigenvalue weighted by atomic mass is 9.88. The summed E-state index contributed by atoms with van der Waals surface area (Å²) in [5, 5.41) is 0. The topological polar surface area (TPSA) is 38.5 Å². The standard InChI is InChI=1S/C11H22N2OS/c1-9-7-15-6-4-13(9)11(8-12)3-5-14-10(11)2/h9-10H,3-8,12H2,1-2H3. The molecule has 0 aromatic heterocycles. The van der Waals surface area contributed by atoms with Crippen molar-refractivity contribution in [2.45, 2.75) is 38.0 Å². The van der Waals surface area contributed by atoms with Crippen LogP contribution in [0.25, 0.3) is 0 Å². The Labute approximate surface area is 96.7 Å². The van der Waals surface area contributed by atoms with Crippen molar-refractivity contribution >= 4 is 11.8 Å². The van der Waals surface area contributed by atoms with Crippen LogP contribution in [0, 0.1) is 0 Å². The number of nitrogens with zero attached hydrogens (tertiary/aromatic N) is 1. The summed E-state index contributed by atoms with van der Waals surface area (Å²) < 4.78 is 5.73. The predicted molar refractivity (Wildman–Crippen MR) is 65.3 cm³/mol. The lowest BCUT2D eigenvalue weighted by Crippen LogP contribution is -2.63. The van der Waals surface area contributed by atoms with Gasteiger partial charge in [0.05, 0.1) is 11.6 Å². The molecule has 0 bridgehead atoms. The highest BCUT2D eigenvalue weighted by Crippen LogP contribution is 2.35. The van der Waals surface area contributed by atoms with Gasteiger partial charge in [0.25, 0.3) is 0 Å². The lowest BCUT2D eigenvalue weighted by molar-refractivity contribution is 0.000260. The smallest absolute Gasteiger partial charge is 0.0743 e. The second-order valence-electron chi connectivity index (χ2n) is 4.69. The van der Waals surface area contributed by atoms with Crippen molar-refractivity contribution in [1.82, 2.24) is 4.90 Å². The number of rotatable bonds is 2. The number of nitrogens with two attached hydrogens (primary N) is 1. The van der Waals surface area contributed by atoms with E-state index in [1.807, 2.05) is 0 Å². The maximum atomic E-state index is 6.02.